The Morgan fingerprint density at radius 1 is 1.18 bits per heavy atom. The van der Waals surface area contributed by atoms with E-state index in [0.717, 1.165) is 0 Å². The van der Waals surface area contributed by atoms with Gasteiger partial charge in [-0.1, -0.05) is 0 Å². The molecule has 2 aromatic rings. The summed E-state index contributed by atoms with van der Waals surface area (Å²) in [6.45, 7) is 0. The van der Waals surface area contributed by atoms with Gasteiger partial charge in [0.2, 0.25) is 0 Å². The van der Waals surface area contributed by atoms with Crippen LogP contribution in [-0.4, -0.2) is 9.36 Å². The third-order valence-corrected chi connectivity index (χ3v) is 2.34. The van der Waals surface area contributed by atoms with Crippen molar-refractivity contribution in [3.8, 4) is 10.9 Å². The van der Waals surface area contributed by atoms with Gasteiger partial charge in [0.15, 0.2) is 0 Å². The summed E-state index contributed by atoms with van der Waals surface area (Å²) < 4.78 is 44.9. The monoisotopic (exact) mass is 261 g/mol. The first kappa shape index (κ1) is 11.6. The Bertz CT molecular complexity index is 509. The number of hydrogen-bond donors (Lipinski definition) is 1. The van der Waals surface area contributed by atoms with Crippen molar-refractivity contribution in [3.63, 3.8) is 0 Å². The predicted octanol–water partition coefficient (Wildman–Crippen LogP) is 2.93. The van der Waals surface area contributed by atoms with Crippen LogP contribution in [0.3, 0.4) is 0 Å². The second-order valence-electron chi connectivity index (χ2n) is 3.05. The Kier molecular flexibility index (Phi) is 2.88. The molecular formula is C9H6F3N3OS. The third-order valence-electron chi connectivity index (χ3n) is 1.75. The Hall–Kier alpha value is -1.83. The van der Waals surface area contributed by atoms with Crippen molar-refractivity contribution < 1.29 is 17.9 Å². The van der Waals surface area contributed by atoms with Crippen molar-refractivity contribution in [2.24, 2.45) is 0 Å². The summed E-state index contributed by atoms with van der Waals surface area (Å²) in [5, 5.41) is -0.165. The molecule has 0 aliphatic rings. The molecule has 0 unspecified atom stereocenters. The number of benzene rings is 1. The van der Waals surface area contributed by atoms with Gasteiger partial charge in [-0.3, -0.25) is 0 Å². The van der Waals surface area contributed by atoms with Crippen molar-refractivity contribution in [1.82, 2.24) is 9.36 Å². The Labute approximate surface area is 98.0 Å². The number of anilines is 1. The number of hydrogen-bond acceptors (Lipinski definition) is 5. The van der Waals surface area contributed by atoms with Crippen LogP contribution in [0.4, 0.5) is 18.9 Å². The van der Waals surface area contributed by atoms with Crippen molar-refractivity contribution in [2.45, 2.75) is 6.18 Å². The quantitative estimate of drug-likeness (QED) is 0.844. The van der Waals surface area contributed by atoms with E-state index in [1.165, 1.54) is 12.1 Å². The van der Waals surface area contributed by atoms with Gasteiger partial charge in [0, 0.05) is 17.2 Å². The van der Waals surface area contributed by atoms with Crippen LogP contribution in [0.2, 0.25) is 0 Å². The fourth-order valence-electron chi connectivity index (χ4n) is 1.00. The fourth-order valence-corrected chi connectivity index (χ4v) is 1.57. The highest BCUT2D eigenvalue weighted by Crippen LogP contribution is 2.31. The molecule has 4 nitrogen and oxygen atoms in total. The zero-order valence-electron chi connectivity index (χ0n) is 8.23. The number of rotatable bonds is 2. The molecule has 0 aliphatic carbocycles. The Morgan fingerprint density at radius 3 is 2.35 bits per heavy atom. The standard InChI is InChI=1S/C9H6F3N3OS/c10-9(11,12)7-14-8(17-15-7)16-6-3-1-5(13)2-4-6/h1-4H,13H2. The largest absolute Gasteiger partial charge is 0.452 e. The molecule has 2 rings (SSSR count). The third kappa shape index (κ3) is 2.84. The molecule has 1 aromatic carbocycles. The number of nitrogens with two attached hydrogens (primary N) is 1. The van der Waals surface area contributed by atoms with E-state index in [1.807, 2.05) is 0 Å². The highest BCUT2D eigenvalue weighted by molar-refractivity contribution is 7.07. The first-order valence-electron chi connectivity index (χ1n) is 4.39. The Morgan fingerprint density at radius 2 is 1.82 bits per heavy atom. The minimum Gasteiger partial charge on any atom is -0.430 e. The molecule has 2 N–H and O–H groups in total. The zero-order chi connectivity index (χ0) is 12.5. The Balaban J connectivity index is 2.14. The number of aromatic nitrogens is 2. The summed E-state index contributed by atoms with van der Waals surface area (Å²) in [7, 11) is 0. The smallest absolute Gasteiger partial charge is 0.430 e. The summed E-state index contributed by atoms with van der Waals surface area (Å²) >= 11 is 0.541. The van der Waals surface area contributed by atoms with Crippen molar-refractivity contribution in [1.29, 1.82) is 0 Å². The lowest BCUT2D eigenvalue weighted by atomic mass is 10.3. The summed E-state index contributed by atoms with van der Waals surface area (Å²) in [4.78, 5) is 3.23. The van der Waals surface area contributed by atoms with E-state index in [2.05, 4.69) is 9.36 Å². The van der Waals surface area contributed by atoms with Crippen LogP contribution < -0.4 is 10.5 Å². The molecule has 0 fully saturated rings. The van der Waals surface area contributed by atoms with Crippen molar-refractivity contribution >= 4 is 17.2 Å². The highest BCUT2D eigenvalue weighted by Gasteiger charge is 2.36. The SMILES string of the molecule is Nc1ccc(Oc2nc(C(F)(F)F)ns2)cc1. The molecule has 0 saturated carbocycles. The molecule has 0 spiro atoms. The van der Waals surface area contributed by atoms with E-state index >= 15 is 0 Å². The molecule has 1 heterocycles. The van der Waals surface area contributed by atoms with Gasteiger partial charge in [0.05, 0.1) is 0 Å². The van der Waals surface area contributed by atoms with Gasteiger partial charge in [0.25, 0.3) is 11.0 Å². The van der Waals surface area contributed by atoms with Crippen LogP contribution in [0.25, 0.3) is 0 Å². The molecule has 90 valence electrons. The van der Waals surface area contributed by atoms with Gasteiger partial charge < -0.3 is 10.5 Å². The van der Waals surface area contributed by atoms with E-state index in [1.54, 1.807) is 12.1 Å². The first-order chi connectivity index (χ1) is 7.95. The molecule has 0 aliphatic heterocycles. The molecule has 0 bridgehead atoms. The first-order valence-corrected chi connectivity index (χ1v) is 5.17. The molecule has 0 atom stereocenters. The molecule has 0 saturated heterocycles. The van der Waals surface area contributed by atoms with Crippen LogP contribution >= 0.6 is 11.5 Å². The summed E-state index contributed by atoms with van der Waals surface area (Å²) in [5.74, 6) is -0.850. The van der Waals surface area contributed by atoms with Crippen LogP contribution in [0, 0.1) is 0 Å². The molecular weight excluding hydrogens is 255 g/mol. The zero-order valence-corrected chi connectivity index (χ0v) is 9.05. The summed E-state index contributed by atoms with van der Waals surface area (Å²) in [5.41, 5.74) is 5.98. The number of nitrogens with zero attached hydrogens (tertiary/aromatic N) is 2. The van der Waals surface area contributed by atoms with E-state index < -0.39 is 12.0 Å². The number of alkyl halides is 3. The molecule has 8 heteroatoms. The lowest BCUT2D eigenvalue weighted by molar-refractivity contribution is -0.144. The lowest BCUT2D eigenvalue weighted by Gasteiger charge is -2.01. The average molecular weight is 261 g/mol. The maximum absolute atomic E-state index is 12.2. The summed E-state index contributed by atoms with van der Waals surface area (Å²) in [6.07, 6.45) is -4.56. The van der Waals surface area contributed by atoms with Gasteiger partial charge in [-0.15, -0.1) is 0 Å². The van der Waals surface area contributed by atoms with Gasteiger partial charge in [-0.05, 0) is 24.3 Å². The van der Waals surface area contributed by atoms with Gasteiger partial charge in [0.1, 0.15) is 5.75 Å². The van der Waals surface area contributed by atoms with Crippen molar-refractivity contribution in [3.05, 3.63) is 30.1 Å². The van der Waals surface area contributed by atoms with E-state index in [-0.39, 0.29) is 5.19 Å². The number of halogens is 3. The predicted molar refractivity (Wildman–Crippen MR) is 55.8 cm³/mol. The topological polar surface area (TPSA) is 61.0 Å². The van der Waals surface area contributed by atoms with Crippen LogP contribution in [0.15, 0.2) is 24.3 Å². The number of nitrogen functional groups attached to an aromatic ring is 1. The van der Waals surface area contributed by atoms with Gasteiger partial charge in [-0.25, -0.2) is 0 Å². The van der Waals surface area contributed by atoms with Crippen LogP contribution in [-0.2, 0) is 6.18 Å². The van der Waals surface area contributed by atoms with E-state index in [9.17, 15) is 13.2 Å². The minimum absolute atomic E-state index is 0.165. The van der Waals surface area contributed by atoms with E-state index in [0.29, 0.717) is 23.0 Å². The van der Waals surface area contributed by atoms with E-state index in [4.69, 9.17) is 10.5 Å². The van der Waals surface area contributed by atoms with Crippen molar-refractivity contribution in [2.75, 3.05) is 5.73 Å². The molecule has 17 heavy (non-hydrogen) atoms. The normalized spacial score (nSPS) is 11.5. The molecule has 1 aromatic heterocycles. The maximum Gasteiger partial charge on any atom is 0.452 e. The summed E-state index contributed by atoms with van der Waals surface area (Å²) in [6, 6.07) is 6.20. The van der Waals surface area contributed by atoms with Crippen LogP contribution in [0.5, 0.6) is 10.9 Å². The molecule has 0 amide bonds. The number of ether oxygens (including phenoxy) is 1. The fraction of sp³-hybridized carbons (Fsp3) is 0.111. The average Bonchev–Trinajstić information content (AvgIpc) is 2.69. The lowest BCUT2D eigenvalue weighted by Crippen LogP contribution is -2.06. The second kappa shape index (κ2) is 4.21. The van der Waals surface area contributed by atoms with Gasteiger partial charge in [-0.2, -0.15) is 22.5 Å². The van der Waals surface area contributed by atoms with Gasteiger partial charge >= 0.3 is 6.18 Å². The highest BCUT2D eigenvalue weighted by atomic mass is 32.1. The maximum atomic E-state index is 12.2. The molecule has 0 radical (unpaired) electrons. The second-order valence-corrected chi connectivity index (χ2v) is 3.77. The van der Waals surface area contributed by atoms with Crippen LogP contribution in [0.1, 0.15) is 5.82 Å². The minimum atomic E-state index is -4.56.